The van der Waals surface area contributed by atoms with E-state index in [0.717, 1.165) is 18.4 Å². The van der Waals surface area contributed by atoms with Crippen LogP contribution in [0.5, 0.6) is 0 Å². The largest absolute Gasteiger partial charge is 0.468 e. The van der Waals surface area contributed by atoms with Gasteiger partial charge >= 0.3 is 11.9 Å². The first-order valence-electron chi connectivity index (χ1n) is 5.86. The first kappa shape index (κ1) is 17.5. The zero-order valence-electron chi connectivity index (χ0n) is 11.9. The van der Waals surface area contributed by atoms with Gasteiger partial charge < -0.3 is 9.47 Å². The molecule has 0 saturated carbocycles. The number of ether oxygens (including phenoxy) is 2. The SMILES string of the molecule is COC(=O)c1ncsc1S(=O)(=O)NC(C(=O)OC)C(C)C. The van der Waals surface area contributed by atoms with Crippen LogP contribution < -0.4 is 4.72 Å². The summed E-state index contributed by atoms with van der Waals surface area (Å²) in [6.07, 6.45) is 0. The van der Waals surface area contributed by atoms with Crippen LogP contribution in [0, 0.1) is 5.92 Å². The van der Waals surface area contributed by atoms with Gasteiger partial charge in [0.05, 0.1) is 19.7 Å². The fourth-order valence-electron chi connectivity index (χ4n) is 1.46. The minimum atomic E-state index is -4.10. The highest BCUT2D eigenvalue weighted by Gasteiger charge is 2.33. The van der Waals surface area contributed by atoms with E-state index >= 15 is 0 Å². The van der Waals surface area contributed by atoms with Crippen LogP contribution >= 0.6 is 11.3 Å². The molecule has 0 amide bonds. The fraction of sp³-hybridized carbons (Fsp3) is 0.545. The summed E-state index contributed by atoms with van der Waals surface area (Å²) in [5.74, 6) is -1.91. The fourth-order valence-corrected chi connectivity index (χ4v) is 3.94. The lowest BCUT2D eigenvalue weighted by molar-refractivity contribution is -0.143. The van der Waals surface area contributed by atoms with Gasteiger partial charge in [0.25, 0.3) is 10.0 Å². The molecule has 0 aliphatic carbocycles. The van der Waals surface area contributed by atoms with Crippen LogP contribution in [0.25, 0.3) is 0 Å². The number of hydrogen-bond acceptors (Lipinski definition) is 8. The third-order valence-corrected chi connectivity index (χ3v) is 5.37. The second-order valence-electron chi connectivity index (χ2n) is 4.35. The van der Waals surface area contributed by atoms with Crippen LogP contribution in [-0.2, 0) is 24.3 Å². The highest BCUT2D eigenvalue weighted by atomic mass is 32.2. The van der Waals surface area contributed by atoms with Gasteiger partial charge in [-0.3, -0.25) is 4.79 Å². The molecule has 0 aliphatic rings. The van der Waals surface area contributed by atoms with E-state index in [4.69, 9.17) is 0 Å². The summed E-state index contributed by atoms with van der Waals surface area (Å²) in [7, 11) is -1.81. The molecule has 0 fully saturated rings. The normalized spacial score (nSPS) is 13.0. The lowest BCUT2D eigenvalue weighted by atomic mass is 10.1. The van der Waals surface area contributed by atoms with Crippen molar-refractivity contribution in [3.8, 4) is 0 Å². The Kier molecular flexibility index (Phi) is 5.81. The molecule has 0 saturated heterocycles. The van der Waals surface area contributed by atoms with Crippen LogP contribution in [0.1, 0.15) is 24.3 Å². The quantitative estimate of drug-likeness (QED) is 0.749. The highest BCUT2D eigenvalue weighted by Crippen LogP contribution is 2.21. The van der Waals surface area contributed by atoms with E-state index in [1.165, 1.54) is 12.6 Å². The maximum Gasteiger partial charge on any atom is 0.358 e. The summed E-state index contributed by atoms with van der Waals surface area (Å²) in [6, 6.07) is -1.06. The van der Waals surface area contributed by atoms with Gasteiger partial charge in [0.1, 0.15) is 6.04 Å². The van der Waals surface area contributed by atoms with Gasteiger partial charge in [0, 0.05) is 0 Å². The summed E-state index contributed by atoms with van der Waals surface area (Å²) in [4.78, 5) is 26.8. The van der Waals surface area contributed by atoms with Gasteiger partial charge in [-0.1, -0.05) is 13.8 Å². The summed E-state index contributed by atoms with van der Waals surface area (Å²) in [5, 5.41) is 0. The smallest absolute Gasteiger partial charge is 0.358 e. The molecule has 1 rings (SSSR count). The number of thiazole rings is 1. The number of nitrogens with zero attached hydrogens (tertiary/aromatic N) is 1. The van der Waals surface area contributed by atoms with Crippen LogP contribution in [0.2, 0.25) is 0 Å². The second kappa shape index (κ2) is 6.96. The van der Waals surface area contributed by atoms with E-state index < -0.39 is 28.0 Å². The summed E-state index contributed by atoms with van der Waals surface area (Å²) >= 11 is 0.759. The molecule has 8 nitrogen and oxygen atoms in total. The van der Waals surface area contributed by atoms with E-state index in [9.17, 15) is 18.0 Å². The molecule has 0 spiro atoms. The van der Waals surface area contributed by atoms with Crippen molar-refractivity contribution in [2.75, 3.05) is 14.2 Å². The molecule has 0 aromatic carbocycles. The molecular weight excluding hydrogens is 320 g/mol. The maximum atomic E-state index is 12.3. The zero-order valence-corrected chi connectivity index (χ0v) is 13.6. The number of aromatic nitrogens is 1. The van der Waals surface area contributed by atoms with Crippen LogP contribution in [0.15, 0.2) is 9.72 Å². The van der Waals surface area contributed by atoms with Crippen molar-refractivity contribution in [1.29, 1.82) is 0 Å². The van der Waals surface area contributed by atoms with E-state index in [-0.39, 0.29) is 15.8 Å². The van der Waals surface area contributed by atoms with Gasteiger partial charge in [0.2, 0.25) is 0 Å². The molecule has 0 radical (unpaired) electrons. The average molecular weight is 336 g/mol. The van der Waals surface area contributed by atoms with Crippen LogP contribution in [-0.4, -0.2) is 45.6 Å². The van der Waals surface area contributed by atoms with Gasteiger partial charge in [-0.2, -0.15) is 4.72 Å². The van der Waals surface area contributed by atoms with Crippen molar-refractivity contribution in [3.63, 3.8) is 0 Å². The van der Waals surface area contributed by atoms with E-state index in [1.807, 2.05) is 0 Å². The number of hydrogen-bond donors (Lipinski definition) is 1. The predicted octanol–water partition coefficient (Wildman–Crippen LogP) is 0.406. The Morgan fingerprint density at radius 1 is 1.29 bits per heavy atom. The third-order valence-electron chi connectivity index (χ3n) is 2.56. The minimum absolute atomic E-state index is 0.302. The van der Waals surface area contributed by atoms with Crippen molar-refractivity contribution in [2.45, 2.75) is 24.1 Å². The van der Waals surface area contributed by atoms with E-state index in [0.29, 0.717) is 0 Å². The van der Waals surface area contributed by atoms with Crippen LogP contribution in [0.3, 0.4) is 0 Å². The highest BCUT2D eigenvalue weighted by molar-refractivity contribution is 7.91. The minimum Gasteiger partial charge on any atom is -0.468 e. The number of rotatable bonds is 6. The van der Waals surface area contributed by atoms with Crippen molar-refractivity contribution in [1.82, 2.24) is 9.71 Å². The molecule has 0 bridgehead atoms. The van der Waals surface area contributed by atoms with Crippen molar-refractivity contribution >= 4 is 33.3 Å². The van der Waals surface area contributed by atoms with E-state index in [1.54, 1.807) is 13.8 Å². The topological polar surface area (TPSA) is 112 Å². The van der Waals surface area contributed by atoms with Crippen LogP contribution in [0.4, 0.5) is 0 Å². The second-order valence-corrected chi connectivity index (χ2v) is 7.11. The summed E-state index contributed by atoms with van der Waals surface area (Å²) < 4.78 is 35.6. The van der Waals surface area contributed by atoms with Crippen molar-refractivity contribution < 1.29 is 27.5 Å². The number of carbonyl (C=O) groups is 2. The Morgan fingerprint density at radius 2 is 1.90 bits per heavy atom. The Balaban J connectivity index is 3.14. The molecule has 1 atom stereocenters. The molecule has 1 aromatic heterocycles. The summed E-state index contributed by atoms with van der Waals surface area (Å²) in [5.41, 5.74) is 0.894. The van der Waals surface area contributed by atoms with Crippen molar-refractivity contribution in [2.24, 2.45) is 5.92 Å². The van der Waals surface area contributed by atoms with E-state index in [2.05, 4.69) is 19.2 Å². The maximum absolute atomic E-state index is 12.3. The summed E-state index contributed by atoms with van der Waals surface area (Å²) in [6.45, 7) is 3.33. The number of nitrogens with one attached hydrogen (secondary N) is 1. The molecule has 0 aliphatic heterocycles. The number of carbonyl (C=O) groups excluding carboxylic acids is 2. The molecule has 1 unspecified atom stereocenters. The molecule has 1 N–H and O–H groups in total. The van der Waals surface area contributed by atoms with Gasteiger partial charge in [-0.15, -0.1) is 11.3 Å². The Hall–Kier alpha value is -1.52. The van der Waals surface area contributed by atoms with Gasteiger partial charge in [-0.05, 0) is 5.92 Å². The standard InChI is InChI=1S/C11H16N2O6S2/c1-6(2)7(9(14)18-3)13-21(16,17)11-8(10(15)19-4)12-5-20-11/h5-7,13H,1-4H3. The molecule has 21 heavy (non-hydrogen) atoms. The predicted molar refractivity (Wildman–Crippen MR) is 74.4 cm³/mol. The first-order valence-corrected chi connectivity index (χ1v) is 8.22. The monoisotopic (exact) mass is 336 g/mol. The molecule has 10 heteroatoms. The molecular formula is C11H16N2O6S2. The number of methoxy groups -OCH3 is 2. The lowest BCUT2D eigenvalue weighted by Crippen LogP contribution is -2.45. The van der Waals surface area contributed by atoms with Crippen molar-refractivity contribution in [3.05, 3.63) is 11.2 Å². The van der Waals surface area contributed by atoms with Gasteiger partial charge in [-0.25, -0.2) is 18.2 Å². The zero-order chi connectivity index (χ0) is 16.2. The average Bonchev–Trinajstić information content (AvgIpc) is 2.93. The molecule has 1 aromatic rings. The lowest BCUT2D eigenvalue weighted by Gasteiger charge is -2.19. The van der Waals surface area contributed by atoms with Gasteiger partial charge in [0.15, 0.2) is 9.90 Å². The Bertz CT molecular complexity index is 622. The Morgan fingerprint density at radius 3 is 2.38 bits per heavy atom. The first-order chi connectivity index (χ1) is 9.74. The molecule has 1 heterocycles. The third kappa shape index (κ3) is 3.99. The number of sulfonamides is 1. The molecule has 118 valence electrons. The number of esters is 2. The Labute approximate surface area is 126 Å².